The van der Waals surface area contributed by atoms with Crippen molar-refractivity contribution in [2.75, 3.05) is 31.6 Å². The standard InChI is InChI=1S/C22H26N2O7S/c1-30-19-9-5-16(6-10-19)15-3-7-18(8-4-15)24(32(28)29)20(21(25)26)17-11-13-23(14-12-17)22(27)31-2/h3-10,17,20H,11-14H2,1-2H3,(H,25,26)(H,28,29)/p-1. The molecule has 172 valence electrons. The minimum atomic E-state index is -2.80. The Bertz CT molecular complexity index is 957. The third-order valence-electron chi connectivity index (χ3n) is 5.63. The molecule has 32 heavy (non-hydrogen) atoms. The first-order valence-electron chi connectivity index (χ1n) is 10.0. The lowest BCUT2D eigenvalue weighted by molar-refractivity contribution is -0.140. The molecule has 2 atom stereocenters. The number of nitrogens with zero attached hydrogens (tertiary/aromatic N) is 2. The zero-order chi connectivity index (χ0) is 23.3. The number of ether oxygens (including phenoxy) is 2. The minimum absolute atomic E-state index is 0.262. The van der Waals surface area contributed by atoms with Gasteiger partial charge in [0.25, 0.3) is 0 Å². The number of carboxylic acids is 1. The average molecular weight is 462 g/mol. The van der Waals surface area contributed by atoms with Crippen molar-refractivity contribution in [2.45, 2.75) is 18.9 Å². The summed E-state index contributed by atoms with van der Waals surface area (Å²) in [6.07, 6.45) is 0.224. The van der Waals surface area contributed by atoms with Gasteiger partial charge in [0.15, 0.2) is 0 Å². The van der Waals surface area contributed by atoms with Crippen LogP contribution in [0.2, 0.25) is 0 Å². The first kappa shape index (κ1) is 23.6. The van der Waals surface area contributed by atoms with Crippen LogP contribution >= 0.6 is 0 Å². The topological polar surface area (TPSA) is 119 Å². The number of carbonyl (C=O) groups is 2. The lowest BCUT2D eigenvalue weighted by Gasteiger charge is -2.40. The van der Waals surface area contributed by atoms with Crippen molar-refractivity contribution in [3.05, 3.63) is 48.5 Å². The van der Waals surface area contributed by atoms with E-state index in [1.807, 2.05) is 24.3 Å². The van der Waals surface area contributed by atoms with E-state index in [2.05, 4.69) is 0 Å². The van der Waals surface area contributed by atoms with Crippen molar-refractivity contribution < 1.29 is 32.9 Å². The van der Waals surface area contributed by atoms with Crippen molar-refractivity contribution >= 4 is 29.0 Å². The number of methoxy groups -OCH3 is 2. The second-order valence-corrected chi connectivity index (χ2v) is 8.22. The summed E-state index contributed by atoms with van der Waals surface area (Å²) < 4.78 is 35.0. The van der Waals surface area contributed by atoms with Crippen LogP contribution in [-0.4, -0.2) is 64.2 Å². The van der Waals surface area contributed by atoms with Gasteiger partial charge in [0.1, 0.15) is 11.8 Å². The molecule has 2 aromatic carbocycles. The third-order valence-corrected chi connectivity index (χ3v) is 6.39. The van der Waals surface area contributed by atoms with Crippen molar-refractivity contribution in [1.29, 1.82) is 0 Å². The van der Waals surface area contributed by atoms with Crippen LogP contribution in [0.4, 0.5) is 10.5 Å². The van der Waals surface area contributed by atoms with Crippen LogP contribution in [0.25, 0.3) is 11.1 Å². The Morgan fingerprint density at radius 3 is 2.03 bits per heavy atom. The largest absolute Gasteiger partial charge is 0.755 e. The highest BCUT2D eigenvalue weighted by Crippen LogP contribution is 2.31. The quantitative estimate of drug-likeness (QED) is 0.630. The molecule has 0 saturated carbocycles. The first-order valence-corrected chi connectivity index (χ1v) is 11.1. The molecule has 1 N–H and O–H groups in total. The number of piperidine rings is 1. The summed E-state index contributed by atoms with van der Waals surface area (Å²) in [5.41, 5.74) is 2.03. The normalized spacial score (nSPS) is 16.2. The fourth-order valence-corrected chi connectivity index (χ4v) is 4.69. The Morgan fingerprint density at radius 2 is 1.59 bits per heavy atom. The van der Waals surface area contributed by atoms with Gasteiger partial charge in [0, 0.05) is 30.0 Å². The molecule has 10 heteroatoms. The SMILES string of the molecule is COC(=O)N1CCC(C(C(=O)O)N(c2ccc(-c3ccc(OC)cc3)cc2)S(=O)[O-])CC1. The Kier molecular flexibility index (Phi) is 7.70. The number of anilines is 1. The van der Waals surface area contributed by atoms with Gasteiger partial charge in [-0.15, -0.1) is 0 Å². The number of carboxylic acid groups (broad SMARTS) is 1. The highest BCUT2D eigenvalue weighted by atomic mass is 32.2. The number of aliphatic carboxylic acids is 1. The van der Waals surface area contributed by atoms with Crippen LogP contribution in [0.3, 0.4) is 0 Å². The lowest BCUT2D eigenvalue weighted by Crippen LogP contribution is -2.51. The van der Waals surface area contributed by atoms with E-state index in [0.29, 0.717) is 25.9 Å². The van der Waals surface area contributed by atoms with Crippen LogP contribution in [0, 0.1) is 5.92 Å². The summed E-state index contributed by atoms with van der Waals surface area (Å²) in [4.78, 5) is 25.3. The molecule has 0 aliphatic carbocycles. The summed E-state index contributed by atoms with van der Waals surface area (Å²) in [6.45, 7) is 0.605. The Balaban J connectivity index is 1.82. The molecule has 1 aliphatic rings. The smallest absolute Gasteiger partial charge is 0.409 e. The number of amides is 1. The number of hydrogen-bond acceptors (Lipinski definition) is 6. The summed E-state index contributed by atoms with van der Waals surface area (Å²) in [7, 11) is 2.87. The van der Waals surface area contributed by atoms with Crippen molar-refractivity contribution in [3.63, 3.8) is 0 Å². The van der Waals surface area contributed by atoms with Gasteiger partial charge in [-0.05, 0) is 54.2 Å². The maximum Gasteiger partial charge on any atom is 0.409 e. The fraction of sp³-hybridized carbons (Fsp3) is 0.364. The minimum Gasteiger partial charge on any atom is -0.755 e. The van der Waals surface area contributed by atoms with Crippen LogP contribution in [0.15, 0.2) is 48.5 Å². The molecule has 1 heterocycles. The van der Waals surface area contributed by atoms with E-state index in [9.17, 15) is 23.5 Å². The second kappa shape index (κ2) is 10.5. The monoisotopic (exact) mass is 461 g/mol. The molecule has 1 saturated heterocycles. The van der Waals surface area contributed by atoms with Crippen molar-refractivity contribution in [1.82, 2.24) is 4.90 Å². The van der Waals surface area contributed by atoms with Crippen LogP contribution in [-0.2, 0) is 20.8 Å². The van der Waals surface area contributed by atoms with E-state index in [-0.39, 0.29) is 5.69 Å². The summed E-state index contributed by atoms with van der Waals surface area (Å²) >= 11 is -2.80. The van der Waals surface area contributed by atoms with Gasteiger partial charge in [-0.1, -0.05) is 24.3 Å². The highest BCUT2D eigenvalue weighted by Gasteiger charge is 2.38. The van der Waals surface area contributed by atoms with Crippen molar-refractivity contribution in [2.24, 2.45) is 5.92 Å². The summed E-state index contributed by atoms with van der Waals surface area (Å²) in [5, 5.41) is 9.88. The van der Waals surface area contributed by atoms with E-state index in [0.717, 1.165) is 21.2 Å². The first-order chi connectivity index (χ1) is 15.3. The number of hydrogen-bond donors (Lipinski definition) is 1. The molecular weight excluding hydrogens is 436 g/mol. The summed E-state index contributed by atoms with van der Waals surface area (Å²) in [6, 6.07) is 12.8. The van der Waals surface area contributed by atoms with Crippen molar-refractivity contribution in [3.8, 4) is 16.9 Å². The Hall–Kier alpha value is -3.11. The number of benzene rings is 2. The zero-order valence-electron chi connectivity index (χ0n) is 17.8. The average Bonchev–Trinajstić information content (AvgIpc) is 2.82. The predicted octanol–water partition coefficient (Wildman–Crippen LogP) is 2.89. The second-order valence-electron chi connectivity index (χ2n) is 7.40. The molecule has 3 rings (SSSR count). The summed E-state index contributed by atoms with van der Waals surface area (Å²) in [5.74, 6) is -0.960. The molecule has 2 unspecified atom stereocenters. The molecule has 0 radical (unpaired) electrons. The molecular formula is C22H25N2O7S-. The molecule has 1 amide bonds. The van der Waals surface area contributed by atoms with E-state index >= 15 is 0 Å². The van der Waals surface area contributed by atoms with E-state index in [1.54, 1.807) is 31.4 Å². The maximum atomic E-state index is 12.1. The van der Waals surface area contributed by atoms with Gasteiger partial charge in [0.05, 0.1) is 14.2 Å². The van der Waals surface area contributed by atoms with E-state index in [1.165, 1.54) is 12.0 Å². The molecule has 1 fully saturated rings. The number of rotatable bonds is 7. The predicted molar refractivity (Wildman–Crippen MR) is 118 cm³/mol. The number of likely N-dealkylation sites (tertiary alicyclic amines) is 1. The van der Waals surface area contributed by atoms with E-state index < -0.39 is 35.3 Å². The molecule has 0 bridgehead atoms. The van der Waals surface area contributed by atoms with Gasteiger partial charge in [0.2, 0.25) is 0 Å². The fourth-order valence-electron chi connectivity index (χ4n) is 3.94. The van der Waals surface area contributed by atoms with Gasteiger partial charge < -0.3 is 24.0 Å². The molecule has 0 spiro atoms. The highest BCUT2D eigenvalue weighted by molar-refractivity contribution is 7.80. The molecule has 0 aromatic heterocycles. The molecule has 2 aromatic rings. The van der Waals surface area contributed by atoms with Crippen LogP contribution in [0.1, 0.15) is 12.8 Å². The lowest BCUT2D eigenvalue weighted by atomic mass is 9.89. The molecule has 1 aliphatic heterocycles. The van der Waals surface area contributed by atoms with Gasteiger partial charge in [-0.25, -0.2) is 9.59 Å². The van der Waals surface area contributed by atoms with Crippen LogP contribution in [0.5, 0.6) is 5.75 Å². The van der Waals surface area contributed by atoms with Crippen LogP contribution < -0.4 is 9.04 Å². The zero-order valence-corrected chi connectivity index (χ0v) is 18.6. The van der Waals surface area contributed by atoms with E-state index in [4.69, 9.17) is 9.47 Å². The Morgan fingerprint density at radius 1 is 1.06 bits per heavy atom. The van der Waals surface area contributed by atoms with Gasteiger partial charge in [-0.2, -0.15) is 0 Å². The Labute approximate surface area is 189 Å². The maximum absolute atomic E-state index is 12.1. The molecule has 9 nitrogen and oxygen atoms in total. The van der Waals surface area contributed by atoms with Gasteiger partial charge in [-0.3, -0.25) is 8.51 Å². The van der Waals surface area contributed by atoms with Gasteiger partial charge >= 0.3 is 12.1 Å². The number of carbonyl (C=O) groups excluding carboxylic acids is 1. The third kappa shape index (κ3) is 5.20.